The van der Waals surface area contributed by atoms with Crippen molar-refractivity contribution in [1.29, 1.82) is 0 Å². The number of amides is 1. The smallest absolute Gasteiger partial charge is 0.416 e. The Morgan fingerprint density at radius 3 is 2.69 bits per heavy atom. The molecular weight excluding hydrogens is 443 g/mol. The summed E-state index contributed by atoms with van der Waals surface area (Å²) in [5, 5.41) is 12.4. The molecule has 2 aromatic heterocycles. The highest BCUT2D eigenvalue weighted by atomic mass is 32.1. The van der Waals surface area contributed by atoms with Gasteiger partial charge in [0.05, 0.1) is 29.7 Å². The third kappa shape index (κ3) is 4.33. The average molecular weight is 459 g/mol. The van der Waals surface area contributed by atoms with E-state index in [9.17, 15) is 18.0 Å². The Morgan fingerprint density at radius 2 is 1.94 bits per heavy atom. The molecule has 4 rings (SSSR count). The van der Waals surface area contributed by atoms with Crippen LogP contribution in [0.5, 0.6) is 5.75 Å². The van der Waals surface area contributed by atoms with Crippen molar-refractivity contribution < 1.29 is 22.7 Å². The van der Waals surface area contributed by atoms with E-state index in [1.165, 1.54) is 16.8 Å². The molecule has 1 N–H and O–H groups in total. The summed E-state index contributed by atoms with van der Waals surface area (Å²) in [5.41, 5.74) is 1.15. The molecule has 0 unspecified atom stereocenters. The number of alkyl halides is 3. The molecule has 0 saturated carbocycles. The Kier molecular flexibility index (Phi) is 5.66. The van der Waals surface area contributed by atoms with Crippen LogP contribution in [-0.4, -0.2) is 33.0 Å². The van der Waals surface area contributed by atoms with Crippen LogP contribution >= 0.6 is 11.3 Å². The van der Waals surface area contributed by atoms with Crippen molar-refractivity contribution in [3.8, 4) is 22.7 Å². The van der Waals surface area contributed by atoms with Gasteiger partial charge in [-0.05, 0) is 31.2 Å². The van der Waals surface area contributed by atoms with Gasteiger partial charge < -0.3 is 4.74 Å². The molecule has 0 bridgehead atoms. The highest BCUT2D eigenvalue weighted by Crippen LogP contribution is 2.33. The zero-order valence-electron chi connectivity index (χ0n) is 16.8. The van der Waals surface area contributed by atoms with E-state index in [4.69, 9.17) is 4.74 Å². The van der Waals surface area contributed by atoms with Crippen molar-refractivity contribution in [2.45, 2.75) is 13.1 Å². The Balaban J connectivity index is 1.54. The van der Waals surface area contributed by atoms with Crippen LogP contribution in [0.2, 0.25) is 0 Å². The molecule has 0 saturated heterocycles. The van der Waals surface area contributed by atoms with Crippen LogP contribution in [0.1, 0.15) is 21.7 Å². The summed E-state index contributed by atoms with van der Waals surface area (Å²) in [6, 6.07) is 12.0. The van der Waals surface area contributed by atoms with Crippen molar-refractivity contribution in [3.05, 3.63) is 70.9 Å². The van der Waals surface area contributed by atoms with E-state index in [-0.39, 0.29) is 10.8 Å². The summed E-state index contributed by atoms with van der Waals surface area (Å²) in [4.78, 5) is 16.9. The number of thiazole rings is 1. The molecule has 2 aromatic carbocycles. The summed E-state index contributed by atoms with van der Waals surface area (Å²) in [5.74, 6) is 0.106. The number of rotatable bonds is 5. The van der Waals surface area contributed by atoms with Gasteiger partial charge >= 0.3 is 6.18 Å². The first kappa shape index (κ1) is 21.5. The molecule has 0 aliphatic heterocycles. The zero-order chi connectivity index (χ0) is 22.9. The lowest BCUT2D eigenvalue weighted by molar-refractivity contribution is -0.137. The largest absolute Gasteiger partial charge is 0.497 e. The molecule has 0 aliphatic rings. The van der Waals surface area contributed by atoms with Crippen LogP contribution in [0.15, 0.2) is 53.9 Å². The standard InChI is InChI=1S/C21H16F3N5O2S/c1-12-18(27-28-29(12)15-7-4-8-16(10-15)31-2)19(30)26-20-25-17(11-32-20)13-5-3-6-14(9-13)21(22,23)24/h3-11H,1-2H3,(H,25,26,30). The second-order valence-corrected chi connectivity index (χ2v) is 7.57. The van der Waals surface area contributed by atoms with Crippen LogP contribution in [-0.2, 0) is 6.18 Å². The number of hydrogen-bond donors (Lipinski definition) is 1. The first-order chi connectivity index (χ1) is 15.3. The Bertz CT molecular complexity index is 1280. The van der Waals surface area contributed by atoms with Gasteiger partial charge in [-0.25, -0.2) is 9.67 Å². The summed E-state index contributed by atoms with van der Waals surface area (Å²) >= 11 is 1.10. The highest BCUT2D eigenvalue weighted by molar-refractivity contribution is 7.14. The second kappa shape index (κ2) is 8.42. The van der Waals surface area contributed by atoms with Gasteiger partial charge in [0, 0.05) is 17.0 Å². The fraction of sp³-hybridized carbons (Fsp3) is 0.143. The number of aromatic nitrogens is 4. The SMILES string of the molecule is COc1cccc(-n2nnc(C(=O)Nc3nc(-c4cccc(C(F)(F)F)c4)cs3)c2C)c1. The number of halogens is 3. The molecule has 0 radical (unpaired) electrons. The van der Waals surface area contributed by atoms with Gasteiger partial charge in [-0.3, -0.25) is 10.1 Å². The highest BCUT2D eigenvalue weighted by Gasteiger charge is 2.30. The van der Waals surface area contributed by atoms with Gasteiger partial charge in [-0.1, -0.05) is 23.4 Å². The third-order valence-electron chi connectivity index (χ3n) is 4.62. The van der Waals surface area contributed by atoms with E-state index in [0.717, 1.165) is 23.5 Å². The molecule has 2 heterocycles. The van der Waals surface area contributed by atoms with Gasteiger partial charge in [0.25, 0.3) is 5.91 Å². The van der Waals surface area contributed by atoms with Gasteiger partial charge in [0.2, 0.25) is 0 Å². The number of nitrogens with zero attached hydrogens (tertiary/aromatic N) is 4. The van der Waals surface area contributed by atoms with Crippen molar-refractivity contribution in [2.75, 3.05) is 12.4 Å². The van der Waals surface area contributed by atoms with E-state index in [1.807, 2.05) is 0 Å². The number of benzene rings is 2. The number of nitrogens with one attached hydrogen (secondary N) is 1. The molecule has 11 heteroatoms. The lowest BCUT2D eigenvalue weighted by Gasteiger charge is -2.07. The first-order valence-electron chi connectivity index (χ1n) is 9.27. The maximum absolute atomic E-state index is 13.0. The van der Waals surface area contributed by atoms with E-state index in [1.54, 1.807) is 43.7 Å². The maximum atomic E-state index is 13.0. The van der Waals surface area contributed by atoms with E-state index in [2.05, 4.69) is 20.6 Å². The minimum atomic E-state index is -4.45. The van der Waals surface area contributed by atoms with E-state index in [0.29, 0.717) is 28.4 Å². The lowest BCUT2D eigenvalue weighted by Crippen LogP contribution is -2.14. The number of ether oxygens (including phenoxy) is 1. The van der Waals surface area contributed by atoms with Crippen molar-refractivity contribution in [3.63, 3.8) is 0 Å². The van der Waals surface area contributed by atoms with Crippen molar-refractivity contribution >= 4 is 22.4 Å². The molecule has 7 nitrogen and oxygen atoms in total. The lowest BCUT2D eigenvalue weighted by atomic mass is 10.1. The summed E-state index contributed by atoms with van der Waals surface area (Å²) in [7, 11) is 1.55. The van der Waals surface area contributed by atoms with Crippen LogP contribution < -0.4 is 10.1 Å². The van der Waals surface area contributed by atoms with E-state index >= 15 is 0 Å². The van der Waals surface area contributed by atoms with Crippen LogP contribution in [0, 0.1) is 6.92 Å². The minimum absolute atomic E-state index is 0.101. The van der Waals surface area contributed by atoms with Crippen molar-refractivity contribution in [2.24, 2.45) is 0 Å². The van der Waals surface area contributed by atoms with Crippen LogP contribution in [0.4, 0.5) is 18.3 Å². The number of carbonyl (C=O) groups excluding carboxylic acids is 1. The quantitative estimate of drug-likeness (QED) is 0.455. The predicted molar refractivity (Wildman–Crippen MR) is 113 cm³/mol. The van der Waals surface area contributed by atoms with Gasteiger partial charge in [0.1, 0.15) is 5.75 Å². The Hall–Kier alpha value is -3.73. The Morgan fingerprint density at radius 1 is 1.16 bits per heavy atom. The molecule has 0 fully saturated rings. The fourth-order valence-corrected chi connectivity index (χ4v) is 3.72. The molecule has 0 atom stereocenters. The molecular formula is C21H16F3N5O2S. The van der Waals surface area contributed by atoms with Crippen LogP contribution in [0.25, 0.3) is 16.9 Å². The predicted octanol–water partition coefficient (Wildman–Crippen LogP) is 4.98. The average Bonchev–Trinajstić information content (AvgIpc) is 3.40. The number of methoxy groups -OCH3 is 1. The molecule has 0 spiro atoms. The van der Waals surface area contributed by atoms with Gasteiger partial charge in [0.15, 0.2) is 10.8 Å². The monoisotopic (exact) mass is 459 g/mol. The maximum Gasteiger partial charge on any atom is 0.416 e. The van der Waals surface area contributed by atoms with Crippen molar-refractivity contribution in [1.82, 2.24) is 20.0 Å². The zero-order valence-corrected chi connectivity index (χ0v) is 17.7. The Labute approximate surface area is 184 Å². The summed E-state index contributed by atoms with van der Waals surface area (Å²) in [6.45, 7) is 1.70. The molecule has 0 aliphatic carbocycles. The van der Waals surface area contributed by atoms with Crippen LogP contribution in [0.3, 0.4) is 0 Å². The number of hydrogen-bond acceptors (Lipinski definition) is 6. The summed E-state index contributed by atoms with van der Waals surface area (Å²) < 4.78 is 45.6. The molecule has 164 valence electrons. The number of anilines is 1. The van der Waals surface area contributed by atoms with E-state index < -0.39 is 17.6 Å². The molecule has 4 aromatic rings. The number of carbonyl (C=O) groups is 1. The third-order valence-corrected chi connectivity index (χ3v) is 5.38. The minimum Gasteiger partial charge on any atom is -0.497 e. The normalized spacial score (nSPS) is 11.4. The molecule has 32 heavy (non-hydrogen) atoms. The topological polar surface area (TPSA) is 81.9 Å². The van der Waals surface area contributed by atoms with Gasteiger partial charge in [-0.2, -0.15) is 13.2 Å². The fourth-order valence-electron chi connectivity index (χ4n) is 3.00. The molecule has 1 amide bonds. The summed E-state index contributed by atoms with van der Waals surface area (Å²) in [6.07, 6.45) is -4.45. The second-order valence-electron chi connectivity index (χ2n) is 6.71. The first-order valence-corrected chi connectivity index (χ1v) is 10.2. The van der Waals surface area contributed by atoms with Gasteiger partial charge in [-0.15, -0.1) is 16.4 Å².